The van der Waals surface area contributed by atoms with E-state index in [1.54, 1.807) is 47.9 Å². The highest BCUT2D eigenvalue weighted by Gasteiger charge is 2.32. The number of halogens is 1. The molecule has 5 rings (SSSR count). The summed E-state index contributed by atoms with van der Waals surface area (Å²) in [6.07, 6.45) is 2.13. The Balaban J connectivity index is 0.00000183. The summed E-state index contributed by atoms with van der Waals surface area (Å²) in [6.45, 7) is 19.0. The summed E-state index contributed by atoms with van der Waals surface area (Å²) >= 11 is 0. The molecule has 3 aliphatic rings. The maximum atomic E-state index is 14.9. The molecule has 2 aromatic rings. The van der Waals surface area contributed by atoms with Crippen LogP contribution in [0.1, 0.15) is 86.2 Å². The first-order valence-corrected chi connectivity index (χ1v) is 19.1. The van der Waals surface area contributed by atoms with E-state index in [2.05, 4.69) is 9.80 Å². The van der Waals surface area contributed by atoms with E-state index in [9.17, 15) is 23.6 Å². The highest BCUT2D eigenvalue weighted by molar-refractivity contribution is 6.09. The Morgan fingerprint density at radius 2 is 1.30 bits per heavy atom. The predicted molar refractivity (Wildman–Crippen MR) is 208 cm³/mol. The predicted octanol–water partition coefficient (Wildman–Crippen LogP) is 3.47. The van der Waals surface area contributed by atoms with Gasteiger partial charge < -0.3 is 31.6 Å². The van der Waals surface area contributed by atoms with Gasteiger partial charge in [-0.15, -0.1) is 0 Å². The van der Waals surface area contributed by atoms with Crippen molar-refractivity contribution in [3.63, 3.8) is 0 Å². The fourth-order valence-corrected chi connectivity index (χ4v) is 6.96. The molecule has 0 unspecified atom stereocenters. The number of benzene rings is 2. The lowest BCUT2D eigenvalue weighted by Gasteiger charge is -2.40. The van der Waals surface area contributed by atoms with Crippen molar-refractivity contribution in [3.05, 3.63) is 70.5 Å². The Labute approximate surface area is 315 Å². The minimum atomic E-state index is -0.846. The van der Waals surface area contributed by atoms with E-state index in [-0.39, 0.29) is 35.1 Å². The molecular weight excluding hydrogens is 675 g/mol. The number of nitrogens with one attached hydrogen (secondary N) is 1. The maximum absolute atomic E-state index is 14.9. The number of hydrogen-bond acceptors (Lipinski definition) is 8. The van der Waals surface area contributed by atoms with Gasteiger partial charge in [0.05, 0.1) is 17.6 Å². The molecule has 5 N–H and O–H groups in total. The molecule has 13 heteroatoms. The highest BCUT2D eigenvalue weighted by Crippen LogP contribution is 2.21. The van der Waals surface area contributed by atoms with Crippen LogP contribution in [0.2, 0.25) is 0 Å². The number of carbonyl (C=O) groups excluding carboxylic acids is 4. The lowest BCUT2D eigenvalue weighted by atomic mass is 9.95. The van der Waals surface area contributed by atoms with Crippen molar-refractivity contribution in [1.82, 2.24) is 24.5 Å². The molecule has 3 aliphatic heterocycles. The van der Waals surface area contributed by atoms with E-state index in [0.717, 1.165) is 45.6 Å². The molecule has 53 heavy (non-hydrogen) atoms. The zero-order valence-corrected chi connectivity index (χ0v) is 32.6. The lowest BCUT2D eigenvalue weighted by Crippen LogP contribution is -2.57. The van der Waals surface area contributed by atoms with Crippen molar-refractivity contribution in [2.75, 3.05) is 78.5 Å². The van der Waals surface area contributed by atoms with Gasteiger partial charge in [-0.1, -0.05) is 52.0 Å². The fraction of sp³-hybridized carbons (Fsp3) is 0.575. The van der Waals surface area contributed by atoms with E-state index >= 15 is 0 Å². The number of nitrogens with zero attached hydrogens (tertiary/aromatic N) is 5. The number of rotatable bonds is 10. The van der Waals surface area contributed by atoms with Gasteiger partial charge >= 0.3 is 0 Å². The summed E-state index contributed by atoms with van der Waals surface area (Å²) in [5.41, 5.74) is 11.9. The molecule has 0 aromatic heterocycles. The molecule has 3 saturated heterocycles. The van der Waals surface area contributed by atoms with E-state index in [1.165, 1.54) is 18.2 Å². The number of primary amides is 1. The van der Waals surface area contributed by atoms with Crippen LogP contribution in [0.5, 0.6) is 0 Å². The van der Waals surface area contributed by atoms with Crippen LogP contribution < -0.4 is 11.5 Å². The third-order valence-corrected chi connectivity index (χ3v) is 9.87. The average molecular weight is 737 g/mol. The van der Waals surface area contributed by atoms with Crippen molar-refractivity contribution in [2.45, 2.75) is 66.3 Å². The van der Waals surface area contributed by atoms with Crippen molar-refractivity contribution < 1.29 is 23.6 Å². The minimum Gasteiger partial charge on any atom is -0.366 e. The van der Waals surface area contributed by atoms with Crippen LogP contribution in [0.4, 0.5) is 4.39 Å². The summed E-state index contributed by atoms with van der Waals surface area (Å²) < 4.78 is 14.9. The summed E-state index contributed by atoms with van der Waals surface area (Å²) in [5.74, 6) is -1.14. The first-order valence-electron chi connectivity index (χ1n) is 19.1. The lowest BCUT2D eigenvalue weighted by molar-refractivity contribution is -0.138. The van der Waals surface area contributed by atoms with Gasteiger partial charge in [0, 0.05) is 82.2 Å². The molecule has 0 spiro atoms. The Morgan fingerprint density at radius 1 is 0.755 bits per heavy atom. The zero-order chi connectivity index (χ0) is 39.3. The van der Waals surface area contributed by atoms with Gasteiger partial charge in [0.25, 0.3) is 5.91 Å². The van der Waals surface area contributed by atoms with E-state index in [0.29, 0.717) is 62.9 Å². The molecule has 292 valence electrons. The van der Waals surface area contributed by atoms with Crippen molar-refractivity contribution in [1.29, 1.82) is 5.41 Å². The molecular formula is C40H61FN8O4. The van der Waals surface area contributed by atoms with Crippen LogP contribution in [0, 0.1) is 17.1 Å². The van der Waals surface area contributed by atoms with Crippen LogP contribution in [0.15, 0.2) is 42.5 Å². The summed E-state index contributed by atoms with van der Waals surface area (Å²) in [6, 6.07) is 10.8. The zero-order valence-electron chi connectivity index (χ0n) is 32.6. The monoisotopic (exact) mass is 736 g/mol. The SMILES string of the molecule is CC.CC.CC(C)(N)C(=O)N1CCN(CC2CCN(CC(=O)N3CCN(C(=O)c4cc(CC(=N)c5ccccc5C(N)=O)ccc4F)CC3)CC2)CC1. The first kappa shape index (κ1) is 43.2. The Bertz CT molecular complexity index is 1550. The van der Waals surface area contributed by atoms with Crippen LogP contribution in [0.25, 0.3) is 0 Å². The Hall–Kier alpha value is -4.20. The number of amides is 4. The van der Waals surface area contributed by atoms with Gasteiger partial charge in [0.1, 0.15) is 5.82 Å². The van der Waals surface area contributed by atoms with Crippen LogP contribution >= 0.6 is 0 Å². The molecule has 0 atom stereocenters. The third-order valence-electron chi connectivity index (χ3n) is 9.87. The standard InChI is InChI=1S/C36H49FN8O4.2C2H6/c1-36(2,40)35(49)45-15-13-42(14-16-45)23-25-9-11-41(12-10-25)24-32(46)43-17-19-44(20-18-43)34(48)29-21-26(7-8-30(29)37)22-31(38)27-5-3-4-6-28(27)33(39)47;2*1-2/h3-8,21,25,38H,9-20,22-24,40H2,1-2H3,(H2,39,47);2*1-2H3. The fourth-order valence-electron chi connectivity index (χ4n) is 6.96. The number of piperazine rings is 2. The second-order valence-corrected chi connectivity index (χ2v) is 14.1. The third kappa shape index (κ3) is 11.9. The largest absolute Gasteiger partial charge is 0.366 e. The van der Waals surface area contributed by atoms with Gasteiger partial charge in [-0.05, 0) is 69.5 Å². The molecule has 0 bridgehead atoms. The second kappa shape index (κ2) is 20.3. The molecule has 2 aromatic carbocycles. The van der Waals surface area contributed by atoms with Crippen molar-refractivity contribution in [2.24, 2.45) is 17.4 Å². The molecule has 0 aliphatic carbocycles. The average Bonchev–Trinajstić information content (AvgIpc) is 3.17. The first-order chi connectivity index (χ1) is 25.3. The molecule has 0 saturated carbocycles. The minimum absolute atomic E-state index is 0.00169. The number of hydrogen-bond donors (Lipinski definition) is 3. The Kier molecular flexibility index (Phi) is 16.6. The topological polar surface area (TPSA) is 160 Å². The van der Waals surface area contributed by atoms with Gasteiger partial charge in [-0.3, -0.25) is 29.0 Å². The molecule has 4 amide bonds. The summed E-state index contributed by atoms with van der Waals surface area (Å²) in [5, 5.41) is 8.53. The Morgan fingerprint density at radius 3 is 1.87 bits per heavy atom. The summed E-state index contributed by atoms with van der Waals surface area (Å²) in [7, 11) is 0. The van der Waals surface area contributed by atoms with Crippen molar-refractivity contribution >= 4 is 29.3 Å². The molecule has 12 nitrogen and oxygen atoms in total. The van der Waals surface area contributed by atoms with E-state index in [4.69, 9.17) is 16.9 Å². The smallest absolute Gasteiger partial charge is 0.256 e. The maximum Gasteiger partial charge on any atom is 0.256 e. The van der Waals surface area contributed by atoms with Crippen LogP contribution in [-0.4, -0.2) is 138 Å². The highest BCUT2D eigenvalue weighted by atomic mass is 19.1. The number of nitrogens with two attached hydrogens (primary N) is 2. The molecule has 3 fully saturated rings. The number of carbonyl (C=O) groups is 4. The van der Waals surface area contributed by atoms with E-state index in [1.807, 2.05) is 32.6 Å². The van der Waals surface area contributed by atoms with E-state index < -0.39 is 23.2 Å². The normalized spacial score (nSPS) is 17.2. The second-order valence-electron chi connectivity index (χ2n) is 14.1. The van der Waals surface area contributed by atoms with Crippen molar-refractivity contribution in [3.8, 4) is 0 Å². The van der Waals surface area contributed by atoms with Gasteiger partial charge in [0.15, 0.2) is 0 Å². The van der Waals surface area contributed by atoms with Gasteiger partial charge in [-0.25, -0.2) is 4.39 Å². The van der Waals surface area contributed by atoms with Gasteiger partial charge in [-0.2, -0.15) is 0 Å². The van der Waals surface area contributed by atoms with Gasteiger partial charge in [0.2, 0.25) is 17.7 Å². The number of piperidine rings is 1. The summed E-state index contributed by atoms with van der Waals surface area (Å²) in [4.78, 5) is 60.7. The molecule has 3 heterocycles. The quantitative estimate of drug-likeness (QED) is 0.315. The number of likely N-dealkylation sites (tertiary alicyclic amines) is 1. The van der Waals surface area contributed by atoms with Crippen LogP contribution in [0.3, 0.4) is 0 Å². The van der Waals surface area contributed by atoms with Crippen LogP contribution in [-0.2, 0) is 16.0 Å². The molecule has 0 radical (unpaired) electrons.